The SMILES string of the molecule is CN(C1CCNC1)S(=O)(=O)c1ccc(Cl)c([N+](=O)[O-])c1. The lowest BCUT2D eigenvalue weighted by atomic mass is 10.3. The van der Waals surface area contributed by atoms with E-state index in [1.165, 1.54) is 23.5 Å². The minimum atomic E-state index is -3.76. The third-order valence-electron chi connectivity index (χ3n) is 3.34. The molecule has 1 saturated heterocycles. The highest BCUT2D eigenvalue weighted by atomic mass is 35.5. The van der Waals surface area contributed by atoms with Crippen LogP contribution in [-0.2, 0) is 10.0 Å². The van der Waals surface area contributed by atoms with Gasteiger partial charge in [-0.2, -0.15) is 4.31 Å². The van der Waals surface area contributed by atoms with Gasteiger partial charge in [0.05, 0.1) is 9.82 Å². The summed E-state index contributed by atoms with van der Waals surface area (Å²) in [4.78, 5) is 10.0. The average Bonchev–Trinajstić information content (AvgIpc) is 2.91. The van der Waals surface area contributed by atoms with Gasteiger partial charge in [0.2, 0.25) is 10.0 Å². The van der Waals surface area contributed by atoms with E-state index in [2.05, 4.69) is 5.32 Å². The van der Waals surface area contributed by atoms with Crippen molar-refractivity contribution in [3.05, 3.63) is 33.3 Å². The maximum Gasteiger partial charge on any atom is 0.289 e. The Morgan fingerprint density at radius 3 is 2.75 bits per heavy atom. The van der Waals surface area contributed by atoms with Crippen molar-refractivity contribution in [3.63, 3.8) is 0 Å². The molecule has 9 heteroatoms. The highest BCUT2D eigenvalue weighted by molar-refractivity contribution is 7.89. The van der Waals surface area contributed by atoms with Gasteiger partial charge in [-0.15, -0.1) is 0 Å². The molecule has 0 aliphatic carbocycles. The second-order valence-corrected chi connectivity index (χ2v) is 6.94. The van der Waals surface area contributed by atoms with Crippen LogP contribution in [0.4, 0.5) is 5.69 Å². The fourth-order valence-corrected chi connectivity index (χ4v) is 3.70. The van der Waals surface area contributed by atoms with Crippen molar-refractivity contribution < 1.29 is 13.3 Å². The third kappa shape index (κ3) is 2.78. The van der Waals surface area contributed by atoms with Gasteiger partial charge in [-0.05, 0) is 25.1 Å². The van der Waals surface area contributed by atoms with Crippen LogP contribution in [0.2, 0.25) is 5.02 Å². The summed E-state index contributed by atoms with van der Waals surface area (Å²) >= 11 is 5.69. The van der Waals surface area contributed by atoms with E-state index in [0.29, 0.717) is 13.0 Å². The number of nitrogens with one attached hydrogen (secondary N) is 1. The molecular weight excluding hydrogens is 306 g/mol. The molecule has 0 bridgehead atoms. The number of rotatable bonds is 4. The summed E-state index contributed by atoms with van der Waals surface area (Å²) in [5, 5.41) is 13.8. The molecule has 0 amide bonds. The van der Waals surface area contributed by atoms with Gasteiger partial charge in [0.25, 0.3) is 5.69 Å². The van der Waals surface area contributed by atoms with E-state index in [4.69, 9.17) is 11.6 Å². The second kappa shape index (κ2) is 5.65. The van der Waals surface area contributed by atoms with Crippen LogP contribution in [-0.4, -0.2) is 43.8 Å². The summed E-state index contributed by atoms with van der Waals surface area (Å²) in [6.07, 6.45) is 0.714. The highest BCUT2D eigenvalue weighted by Crippen LogP contribution is 2.29. The van der Waals surface area contributed by atoms with Gasteiger partial charge in [0.15, 0.2) is 0 Å². The Labute approximate surface area is 121 Å². The van der Waals surface area contributed by atoms with Gasteiger partial charge >= 0.3 is 0 Å². The molecule has 2 rings (SSSR count). The summed E-state index contributed by atoms with van der Waals surface area (Å²) < 4.78 is 26.1. The first-order chi connectivity index (χ1) is 9.34. The lowest BCUT2D eigenvalue weighted by Gasteiger charge is -2.23. The smallest absolute Gasteiger partial charge is 0.289 e. The maximum absolute atomic E-state index is 12.4. The maximum atomic E-state index is 12.4. The van der Waals surface area contributed by atoms with Crippen LogP contribution in [0, 0.1) is 10.1 Å². The molecule has 1 unspecified atom stereocenters. The molecule has 0 saturated carbocycles. The largest absolute Gasteiger partial charge is 0.315 e. The number of nitro groups is 1. The Kier molecular flexibility index (Phi) is 4.28. The average molecular weight is 320 g/mol. The van der Waals surface area contributed by atoms with Crippen molar-refractivity contribution in [1.29, 1.82) is 0 Å². The number of likely N-dealkylation sites (N-methyl/N-ethyl adjacent to an activating group) is 1. The number of sulfonamides is 1. The third-order valence-corrected chi connectivity index (χ3v) is 5.57. The molecule has 1 aliphatic rings. The molecule has 1 heterocycles. The molecule has 110 valence electrons. The number of halogens is 1. The molecular formula is C11H14ClN3O4S. The van der Waals surface area contributed by atoms with Crippen molar-refractivity contribution in [3.8, 4) is 0 Å². The van der Waals surface area contributed by atoms with Crippen LogP contribution in [0.1, 0.15) is 6.42 Å². The number of nitrogens with zero attached hydrogens (tertiary/aromatic N) is 2. The van der Waals surface area contributed by atoms with Crippen LogP contribution in [0.15, 0.2) is 23.1 Å². The first kappa shape index (κ1) is 15.2. The van der Waals surface area contributed by atoms with Crippen molar-refractivity contribution in [2.45, 2.75) is 17.4 Å². The van der Waals surface area contributed by atoms with E-state index >= 15 is 0 Å². The molecule has 1 aromatic rings. The van der Waals surface area contributed by atoms with Crippen molar-refractivity contribution in [1.82, 2.24) is 9.62 Å². The lowest BCUT2D eigenvalue weighted by Crippen LogP contribution is -2.38. The monoisotopic (exact) mass is 319 g/mol. The predicted molar refractivity (Wildman–Crippen MR) is 74.3 cm³/mol. The molecule has 1 N–H and O–H groups in total. The van der Waals surface area contributed by atoms with Crippen LogP contribution < -0.4 is 5.32 Å². The van der Waals surface area contributed by atoms with Gasteiger partial charge < -0.3 is 5.32 Å². The quantitative estimate of drug-likeness (QED) is 0.665. The lowest BCUT2D eigenvalue weighted by molar-refractivity contribution is -0.384. The summed E-state index contributed by atoms with van der Waals surface area (Å²) in [7, 11) is -2.29. The number of nitro benzene ring substituents is 1. The first-order valence-corrected chi connectivity index (χ1v) is 7.78. The van der Waals surface area contributed by atoms with E-state index in [1.54, 1.807) is 0 Å². The molecule has 0 aromatic heterocycles. The Morgan fingerprint density at radius 2 is 2.20 bits per heavy atom. The van der Waals surface area contributed by atoms with Gasteiger partial charge in [0.1, 0.15) is 5.02 Å². The molecule has 20 heavy (non-hydrogen) atoms. The normalized spacial score (nSPS) is 19.4. The summed E-state index contributed by atoms with van der Waals surface area (Å²) in [6, 6.07) is 3.36. The van der Waals surface area contributed by atoms with Crippen molar-refractivity contribution in [2.24, 2.45) is 0 Å². The number of hydrogen-bond donors (Lipinski definition) is 1. The zero-order valence-corrected chi connectivity index (χ0v) is 12.3. The van der Waals surface area contributed by atoms with Gasteiger partial charge in [-0.25, -0.2) is 8.42 Å². The van der Waals surface area contributed by atoms with Crippen LogP contribution in [0.25, 0.3) is 0 Å². The predicted octanol–water partition coefficient (Wildman–Crippen LogP) is 1.23. The Balaban J connectivity index is 2.38. The molecule has 0 spiro atoms. The van der Waals surface area contributed by atoms with Crippen molar-refractivity contribution in [2.75, 3.05) is 20.1 Å². The number of hydrogen-bond acceptors (Lipinski definition) is 5. The zero-order valence-electron chi connectivity index (χ0n) is 10.7. The molecule has 0 radical (unpaired) electrons. The minimum absolute atomic E-state index is 0.0841. The van der Waals surface area contributed by atoms with Crippen molar-refractivity contribution >= 4 is 27.3 Å². The van der Waals surface area contributed by atoms with E-state index in [-0.39, 0.29) is 16.0 Å². The van der Waals surface area contributed by atoms with Gasteiger partial charge in [-0.1, -0.05) is 11.6 Å². The topological polar surface area (TPSA) is 92.6 Å². The Bertz CT molecular complexity index is 629. The highest BCUT2D eigenvalue weighted by Gasteiger charge is 2.31. The van der Waals surface area contributed by atoms with Gasteiger partial charge in [-0.3, -0.25) is 10.1 Å². The van der Waals surface area contributed by atoms with E-state index < -0.39 is 20.6 Å². The number of benzene rings is 1. The van der Waals surface area contributed by atoms with Crippen LogP contribution >= 0.6 is 11.6 Å². The molecule has 1 atom stereocenters. The van der Waals surface area contributed by atoms with E-state index in [1.807, 2.05) is 0 Å². The molecule has 1 fully saturated rings. The molecule has 1 aliphatic heterocycles. The Morgan fingerprint density at radius 1 is 1.50 bits per heavy atom. The standard InChI is InChI=1S/C11H14ClN3O4S/c1-14(8-4-5-13-7-8)20(18,19)9-2-3-10(12)11(6-9)15(16)17/h2-3,6,8,13H,4-5,7H2,1H3. The molecule has 7 nitrogen and oxygen atoms in total. The Hall–Kier alpha value is -1.22. The van der Waals surface area contributed by atoms with E-state index in [9.17, 15) is 18.5 Å². The molecule has 1 aromatic carbocycles. The van der Waals surface area contributed by atoms with Gasteiger partial charge in [0, 0.05) is 25.7 Å². The summed E-state index contributed by atoms with van der Waals surface area (Å²) in [5.41, 5.74) is -0.411. The zero-order chi connectivity index (χ0) is 14.9. The second-order valence-electron chi connectivity index (χ2n) is 4.54. The first-order valence-electron chi connectivity index (χ1n) is 5.96. The fraction of sp³-hybridized carbons (Fsp3) is 0.455. The fourth-order valence-electron chi connectivity index (χ4n) is 2.11. The van der Waals surface area contributed by atoms with Crippen LogP contribution in [0.3, 0.4) is 0 Å². The summed E-state index contributed by atoms with van der Waals surface area (Å²) in [5.74, 6) is 0. The van der Waals surface area contributed by atoms with E-state index in [0.717, 1.165) is 12.6 Å². The van der Waals surface area contributed by atoms with Crippen LogP contribution in [0.5, 0.6) is 0 Å². The summed E-state index contributed by atoms with van der Waals surface area (Å²) in [6.45, 7) is 1.33. The minimum Gasteiger partial charge on any atom is -0.315 e.